The largest absolute Gasteiger partial charge is 0.496 e. The molecule has 0 radical (unpaired) electrons. The van der Waals surface area contributed by atoms with Gasteiger partial charge in [0.05, 0.1) is 26.1 Å². The van der Waals surface area contributed by atoms with Crippen LogP contribution in [0.3, 0.4) is 0 Å². The molecular weight excluding hydrogens is 416 g/mol. The first-order valence-electron chi connectivity index (χ1n) is 11.1. The lowest BCUT2D eigenvalue weighted by atomic mass is 10.1. The van der Waals surface area contributed by atoms with Gasteiger partial charge in [-0.2, -0.15) is 5.10 Å². The standard InChI is InChI=1S/C26H30N4O3/c1-18-7-8-19(2)30(18)22-11-9-20(10-12-22)26(31)28-27-17-21-15-25(33-4)23(16-24(21)32-3)29-13-5-6-14-29/h7-12,15-17H,5-6,13-14H2,1-4H3,(H,28,31)/b27-17-. The molecule has 0 bridgehead atoms. The highest BCUT2D eigenvalue weighted by Crippen LogP contribution is 2.36. The molecule has 0 atom stereocenters. The van der Waals surface area contributed by atoms with E-state index in [0.29, 0.717) is 11.3 Å². The summed E-state index contributed by atoms with van der Waals surface area (Å²) in [5.41, 5.74) is 8.19. The third kappa shape index (κ3) is 4.72. The van der Waals surface area contributed by atoms with Crippen molar-refractivity contribution in [2.45, 2.75) is 26.7 Å². The highest BCUT2D eigenvalue weighted by molar-refractivity contribution is 5.95. The summed E-state index contributed by atoms with van der Waals surface area (Å²) in [6, 6.07) is 15.5. The average molecular weight is 447 g/mol. The molecule has 4 rings (SSSR count). The van der Waals surface area contributed by atoms with Crippen molar-refractivity contribution >= 4 is 17.8 Å². The first-order valence-corrected chi connectivity index (χ1v) is 11.1. The van der Waals surface area contributed by atoms with Crippen LogP contribution in [0.4, 0.5) is 5.69 Å². The molecule has 2 heterocycles. The van der Waals surface area contributed by atoms with Gasteiger partial charge in [-0.25, -0.2) is 5.43 Å². The minimum Gasteiger partial charge on any atom is -0.496 e. The van der Waals surface area contributed by atoms with Gasteiger partial charge in [0.25, 0.3) is 5.91 Å². The van der Waals surface area contributed by atoms with E-state index in [1.807, 2.05) is 24.3 Å². The quantitative estimate of drug-likeness (QED) is 0.429. The van der Waals surface area contributed by atoms with E-state index in [4.69, 9.17) is 9.47 Å². The number of nitrogens with zero attached hydrogens (tertiary/aromatic N) is 3. The van der Waals surface area contributed by atoms with Crippen LogP contribution in [0.1, 0.15) is 40.2 Å². The summed E-state index contributed by atoms with van der Waals surface area (Å²) >= 11 is 0. The first kappa shape index (κ1) is 22.5. The number of benzene rings is 2. The maximum atomic E-state index is 12.6. The predicted molar refractivity (Wildman–Crippen MR) is 131 cm³/mol. The van der Waals surface area contributed by atoms with Gasteiger partial charge in [-0.05, 0) is 69.2 Å². The van der Waals surface area contributed by atoms with Crippen molar-refractivity contribution in [3.05, 3.63) is 71.0 Å². The molecule has 7 heteroatoms. The zero-order valence-corrected chi connectivity index (χ0v) is 19.6. The average Bonchev–Trinajstić information content (AvgIpc) is 3.48. The molecule has 33 heavy (non-hydrogen) atoms. The van der Waals surface area contributed by atoms with Crippen LogP contribution < -0.4 is 19.8 Å². The third-order valence-corrected chi connectivity index (χ3v) is 6.01. The number of rotatable bonds is 7. The maximum Gasteiger partial charge on any atom is 0.271 e. The molecule has 1 amide bonds. The molecule has 3 aromatic rings. The second-order valence-electron chi connectivity index (χ2n) is 8.16. The van der Waals surface area contributed by atoms with Crippen LogP contribution in [0.5, 0.6) is 11.5 Å². The number of carbonyl (C=O) groups is 1. The van der Waals surface area contributed by atoms with Gasteiger partial charge in [-0.15, -0.1) is 0 Å². The number of aromatic nitrogens is 1. The molecule has 0 saturated carbocycles. The molecule has 0 aliphatic carbocycles. The van der Waals surface area contributed by atoms with Gasteiger partial charge in [-0.1, -0.05) is 0 Å². The van der Waals surface area contributed by atoms with E-state index in [2.05, 4.69) is 46.0 Å². The lowest BCUT2D eigenvalue weighted by molar-refractivity contribution is 0.0955. The number of ether oxygens (including phenoxy) is 2. The van der Waals surface area contributed by atoms with Gasteiger partial charge >= 0.3 is 0 Å². The second kappa shape index (κ2) is 9.81. The number of carbonyl (C=O) groups excluding carboxylic acids is 1. The number of hydrogen-bond acceptors (Lipinski definition) is 5. The van der Waals surface area contributed by atoms with E-state index in [0.717, 1.165) is 47.2 Å². The summed E-state index contributed by atoms with van der Waals surface area (Å²) in [7, 11) is 3.28. The maximum absolute atomic E-state index is 12.6. The molecular formula is C26H30N4O3. The Bertz CT molecular complexity index is 1140. The normalized spacial score (nSPS) is 13.5. The zero-order valence-electron chi connectivity index (χ0n) is 19.6. The highest BCUT2D eigenvalue weighted by Gasteiger charge is 2.19. The Kier molecular flexibility index (Phi) is 6.68. The van der Waals surface area contributed by atoms with Gasteiger partial charge in [-0.3, -0.25) is 4.79 Å². The first-order chi connectivity index (χ1) is 16.0. The Morgan fingerprint density at radius 2 is 1.58 bits per heavy atom. The van der Waals surface area contributed by atoms with Crippen LogP contribution in [-0.2, 0) is 0 Å². The molecule has 1 aliphatic rings. The molecule has 7 nitrogen and oxygen atoms in total. The molecule has 1 aromatic heterocycles. The number of nitrogens with one attached hydrogen (secondary N) is 1. The Morgan fingerprint density at radius 3 is 2.18 bits per heavy atom. The number of hydrazone groups is 1. The molecule has 1 saturated heterocycles. The third-order valence-electron chi connectivity index (χ3n) is 6.01. The van der Waals surface area contributed by atoms with Crippen molar-refractivity contribution in [2.75, 3.05) is 32.2 Å². The number of anilines is 1. The summed E-state index contributed by atoms with van der Waals surface area (Å²) in [5, 5.41) is 4.15. The second-order valence-corrected chi connectivity index (χ2v) is 8.16. The van der Waals surface area contributed by atoms with E-state index in [-0.39, 0.29) is 5.91 Å². The molecule has 1 aliphatic heterocycles. The number of aryl methyl sites for hydroxylation is 2. The molecule has 1 fully saturated rings. The van der Waals surface area contributed by atoms with Crippen molar-refractivity contribution in [3.8, 4) is 17.2 Å². The molecule has 172 valence electrons. The molecule has 1 N–H and O–H groups in total. The van der Waals surface area contributed by atoms with Gasteiger partial charge in [0, 0.05) is 47.4 Å². The Balaban J connectivity index is 1.48. The van der Waals surface area contributed by atoms with Crippen molar-refractivity contribution < 1.29 is 14.3 Å². The number of methoxy groups -OCH3 is 2. The van der Waals surface area contributed by atoms with Crippen LogP contribution in [0, 0.1) is 13.8 Å². The van der Waals surface area contributed by atoms with Crippen LogP contribution in [-0.4, -0.2) is 44.0 Å². The van der Waals surface area contributed by atoms with Crippen molar-refractivity contribution in [2.24, 2.45) is 5.10 Å². The number of amides is 1. The molecule has 0 unspecified atom stereocenters. The Labute approximate surface area is 194 Å². The fourth-order valence-corrected chi connectivity index (χ4v) is 4.27. The summed E-state index contributed by atoms with van der Waals surface area (Å²) in [6.45, 7) is 6.13. The molecule has 2 aromatic carbocycles. The minimum absolute atomic E-state index is 0.279. The summed E-state index contributed by atoms with van der Waals surface area (Å²) < 4.78 is 13.3. The van der Waals surface area contributed by atoms with E-state index in [1.165, 1.54) is 12.8 Å². The van der Waals surface area contributed by atoms with E-state index in [9.17, 15) is 4.79 Å². The summed E-state index contributed by atoms with van der Waals surface area (Å²) in [6.07, 6.45) is 3.92. The van der Waals surface area contributed by atoms with Crippen molar-refractivity contribution in [3.63, 3.8) is 0 Å². The lowest BCUT2D eigenvalue weighted by Gasteiger charge is -2.22. The molecule has 0 spiro atoms. The van der Waals surface area contributed by atoms with Crippen LogP contribution in [0.25, 0.3) is 5.69 Å². The lowest BCUT2D eigenvalue weighted by Crippen LogP contribution is -2.19. The smallest absolute Gasteiger partial charge is 0.271 e. The Morgan fingerprint density at radius 1 is 0.939 bits per heavy atom. The van der Waals surface area contributed by atoms with E-state index in [1.54, 1.807) is 32.6 Å². The zero-order chi connectivity index (χ0) is 23.4. The fraction of sp³-hybridized carbons (Fsp3) is 0.308. The summed E-state index contributed by atoms with van der Waals surface area (Å²) in [4.78, 5) is 14.9. The van der Waals surface area contributed by atoms with Crippen molar-refractivity contribution in [1.29, 1.82) is 0 Å². The summed E-state index contributed by atoms with van der Waals surface area (Å²) in [5.74, 6) is 1.16. The monoisotopic (exact) mass is 446 g/mol. The van der Waals surface area contributed by atoms with E-state index < -0.39 is 0 Å². The van der Waals surface area contributed by atoms with Crippen LogP contribution >= 0.6 is 0 Å². The Hall–Kier alpha value is -3.74. The number of hydrogen-bond donors (Lipinski definition) is 1. The van der Waals surface area contributed by atoms with Gasteiger partial charge < -0.3 is 18.9 Å². The van der Waals surface area contributed by atoms with E-state index >= 15 is 0 Å². The van der Waals surface area contributed by atoms with Gasteiger partial charge in [0.15, 0.2) is 0 Å². The van der Waals surface area contributed by atoms with Crippen LogP contribution in [0.2, 0.25) is 0 Å². The minimum atomic E-state index is -0.279. The fourth-order valence-electron chi connectivity index (χ4n) is 4.27. The van der Waals surface area contributed by atoms with Gasteiger partial charge in [0.1, 0.15) is 11.5 Å². The SMILES string of the molecule is COc1cc(N2CCCC2)c(OC)cc1/C=N\NC(=O)c1ccc(-n2c(C)ccc2C)cc1. The van der Waals surface area contributed by atoms with Crippen LogP contribution in [0.15, 0.2) is 53.6 Å². The van der Waals surface area contributed by atoms with Gasteiger partial charge in [0.2, 0.25) is 0 Å². The predicted octanol–water partition coefficient (Wildman–Crippen LogP) is 4.48. The van der Waals surface area contributed by atoms with Crippen molar-refractivity contribution in [1.82, 2.24) is 9.99 Å². The topological polar surface area (TPSA) is 68.1 Å². The highest BCUT2D eigenvalue weighted by atomic mass is 16.5.